The molecular weight excluding hydrogens is 428 g/mol. The number of hydrogen-bond acceptors (Lipinski definition) is 10. The summed E-state index contributed by atoms with van der Waals surface area (Å²) in [6.45, 7) is 0.217. The van der Waals surface area contributed by atoms with Gasteiger partial charge in [-0.15, -0.1) is 0 Å². The Hall–Kier alpha value is -1.70. The fourth-order valence-electron chi connectivity index (χ4n) is 4.63. The minimum Gasteiger partial charge on any atom is -0.388 e. The molecule has 0 spiro atoms. The lowest BCUT2D eigenvalue weighted by Gasteiger charge is -2.46. The van der Waals surface area contributed by atoms with Gasteiger partial charge in [-0.25, -0.2) is 0 Å². The fourth-order valence-corrected chi connectivity index (χ4v) is 4.63. The number of aliphatic hydroxyl groups excluding tert-OH is 3. The number of fused-ring (bicyclic) bond motifs is 1. The van der Waals surface area contributed by atoms with E-state index >= 15 is 0 Å². The van der Waals surface area contributed by atoms with E-state index in [1.54, 1.807) is 0 Å². The fraction of sp³-hybridized carbons (Fsp3) is 0.565. The topological polar surface area (TPSA) is 192 Å². The van der Waals surface area contributed by atoms with Crippen molar-refractivity contribution < 1.29 is 29.5 Å². The third-order valence-electron chi connectivity index (χ3n) is 6.59. The molecule has 11 N–H and O–H groups in total. The molecule has 10 atom stereocenters. The molecule has 10 nitrogen and oxygen atoms in total. The summed E-state index contributed by atoms with van der Waals surface area (Å²) in [4.78, 5) is 0. The molecule has 1 heterocycles. The van der Waals surface area contributed by atoms with E-state index in [-0.39, 0.29) is 13.2 Å². The summed E-state index contributed by atoms with van der Waals surface area (Å²) in [5.41, 5.74) is 25.0. The minimum absolute atomic E-state index is 0.0353. The predicted molar refractivity (Wildman–Crippen MR) is 122 cm³/mol. The zero-order valence-electron chi connectivity index (χ0n) is 18.3. The van der Waals surface area contributed by atoms with Gasteiger partial charge in [-0.1, -0.05) is 36.4 Å². The first-order chi connectivity index (χ1) is 15.8. The molecule has 10 heteroatoms. The van der Waals surface area contributed by atoms with Crippen LogP contribution in [0.1, 0.15) is 12.0 Å². The van der Waals surface area contributed by atoms with Crippen LogP contribution in [0.15, 0.2) is 42.5 Å². The highest BCUT2D eigenvalue weighted by Gasteiger charge is 2.48. The van der Waals surface area contributed by atoms with Crippen molar-refractivity contribution in [2.24, 2.45) is 22.9 Å². The van der Waals surface area contributed by atoms with Gasteiger partial charge in [0, 0.05) is 18.6 Å². The maximum Gasteiger partial charge on any atom is 0.176 e. The second kappa shape index (κ2) is 10.3. The lowest BCUT2D eigenvalue weighted by molar-refractivity contribution is -0.289. The second-order valence-corrected chi connectivity index (χ2v) is 8.95. The number of nitrogens with two attached hydrogens (primary N) is 4. The molecule has 1 aliphatic heterocycles. The summed E-state index contributed by atoms with van der Waals surface area (Å²) >= 11 is 0. The van der Waals surface area contributed by atoms with Gasteiger partial charge in [0.15, 0.2) is 6.29 Å². The van der Waals surface area contributed by atoms with Crippen molar-refractivity contribution in [3.63, 3.8) is 0 Å². The molecule has 0 amide bonds. The van der Waals surface area contributed by atoms with Crippen LogP contribution in [0.3, 0.4) is 0 Å². The summed E-state index contributed by atoms with van der Waals surface area (Å²) in [6.07, 6.45) is -6.94. The van der Waals surface area contributed by atoms with Crippen LogP contribution in [0.4, 0.5) is 0 Å². The summed E-state index contributed by atoms with van der Waals surface area (Å²) in [6, 6.07) is 11.9. The maximum atomic E-state index is 11.0. The summed E-state index contributed by atoms with van der Waals surface area (Å²) in [7, 11) is 0. The van der Waals surface area contributed by atoms with Crippen molar-refractivity contribution in [3.05, 3.63) is 48.0 Å². The number of aliphatic hydroxyl groups is 3. The minimum atomic E-state index is -1.29. The molecular formula is C23H34N4O6. The zero-order valence-corrected chi connectivity index (χ0v) is 18.3. The van der Waals surface area contributed by atoms with Crippen LogP contribution in [0, 0.1) is 0 Å². The predicted octanol–water partition coefficient (Wildman–Crippen LogP) is -1.74. The van der Waals surface area contributed by atoms with Gasteiger partial charge < -0.3 is 52.5 Å². The van der Waals surface area contributed by atoms with Crippen LogP contribution in [0.5, 0.6) is 0 Å². The first-order valence-electron chi connectivity index (χ1n) is 11.2. The van der Waals surface area contributed by atoms with E-state index in [0.29, 0.717) is 6.42 Å². The molecule has 33 heavy (non-hydrogen) atoms. The van der Waals surface area contributed by atoms with Crippen molar-refractivity contribution in [1.82, 2.24) is 0 Å². The van der Waals surface area contributed by atoms with Gasteiger partial charge in [0.05, 0.1) is 12.6 Å². The van der Waals surface area contributed by atoms with E-state index in [1.807, 2.05) is 42.5 Å². The third kappa shape index (κ3) is 5.05. The van der Waals surface area contributed by atoms with Gasteiger partial charge in [-0.2, -0.15) is 0 Å². The molecule has 2 fully saturated rings. The monoisotopic (exact) mass is 462 g/mol. The maximum absolute atomic E-state index is 11.0. The van der Waals surface area contributed by atoms with Gasteiger partial charge in [0.25, 0.3) is 0 Å². The molecule has 4 rings (SSSR count). The molecule has 0 aromatic heterocycles. The average molecular weight is 463 g/mol. The number of ether oxygens (including phenoxy) is 3. The van der Waals surface area contributed by atoms with Gasteiger partial charge in [-0.3, -0.25) is 0 Å². The van der Waals surface area contributed by atoms with Crippen molar-refractivity contribution >= 4 is 10.8 Å². The van der Waals surface area contributed by atoms with E-state index in [9.17, 15) is 15.3 Å². The Kier molecular flexibility index (Phi) is 7.61. The lowest BCUT2D eigenvalue weighted by atomic mass is 9.84. The highest BCUT2D eigenvalue weighted by Crippen LogP contribution is 2.29. The van der Waals surface area contributed by atoms with Gasteiger partial charge in [0.2, 0.25) is 0 Å². The molecule has 0 radical (unpaired) electrons. The molecule has 1 saturated heterocycles. The van der Waals surface area contributed by atoms with Crippen molar-refractivity contribution in [1.29, 1.82) is 0 Å². The summed E-state index contributed by atoms with van der Waals surface area (Å²) < 4.78 is 17.6. The zero-order chi connectivity index (χ0) is 23.7. The van der Waals surface area contributed by atoms with Crippen LogP contribution in [-0.4, -0.2) is 82.9 Å². The number of benzene rings is 2. The first-order valence-corrected chi connectivity index (χ1v) is 11.2. The molecule has 0 bridgehead atoms. The Morgan fingerprint density at radius 3 is 2.30 bits per heavy atom. The summed E-state index contributed by atoms with van der Waals surface area (Å²) in [5.74, 6) is 0. The third-order valence-corrected chi connectivity index (χ3v) is 6.59. The SMILES string of the molecule is NC[C@H]1O[C@H](O[C@H]2[C@H](O)[C@@H](OCc3ccc4ccccc4c3)[C@H](N)C[C@@H]2N)[C@H](N)[C@@H](O)[C@@H]1O. The van der Waals surface area contributed by atoms with Gasteiger partial charge in [-0.05, 0) is 28.8 Å². The Morgan fingerprint density at radius 2 is 1.58 bits per heavy atom. The highest BCUT2D eigenvalue weighted by molar-refractivity contribution is 5.82. The van der Waals surface area contributed by atoms with Crippen LogP contribution in [-0.2, 0) is 20.8 Å². The van der Waals surface area contributed by atoms with E-state index in [0.717, 1.165) is 16.3 Å². The Balaban J connectivity index is 1.44. The molecule has 182 valence electrons. The smallest absolute Gasteiger partial charge is 0.176 e. The van der Waals surface area contributed by atoms with Crippen LogP contribution >= 0.6 is 0 Å². The van der Waals surface area contributed by atoms with Crippen molar-refractivity contribution in [2.45, 2.75) is 74.1 Å². The summed E-state index contributed by atoms with van der Waals surface area (Å²) in [5, 5.41) is 33.5. The van der Waals surface area contributed by atoms with Gasteiger partial charge >= 0.3 is 0 Å². The molecule has 2 aliphatic rings. The highest BCUT2D eigenvalue weighted by atomic mass is 16.7. The number of rotatable bonds is 6. The van der Waals surface area contributed by atoms with Crippen LogP contribution < -0.4 is 22.9 Å². The molecule has 2 aromatic carbocycles. The molecule has 1 aliphatic carbocycles. The molecule has 1 saturated carbocycles. The van der Waals surface area contributed by atoms with E-state index in [1.165, 1.54) is 0 Å². The first kappa shape index (κ1) is 24.4. The molecule has 2 aromatic rings. The standard InChI is InChI=1S/C23H34N4O6/c24-9-16-18(28)19(29)17(27)23(32-16)33-22-15(26)8-14(25)21(20(22)30)31-10-11-5-6-12-3-1-2-4-13(12)7-11/h1-7,14-23,28-30H,8-10,24-27H2/t14-,15+,16-,17-,18-,19-,20-,21+,22-,23-/m1/s1. The van der Waals surface area contributed by atoms with Crippen LogP contribution in [0.25, 0.3) is 10.8 Å². The Morgan fingerprint density at radius 1 is 0.879 bits per heavy atom. The normalized spacial score (nSPS) is 39.6. The van der Waals surface area contributed by atoms with Crippen LogP contribution in [0.2, 0.25) is 0 Å². The second-order valence-electron chi connectivity index (χ2n) is 8.95. The van der Waals surface area contributed by atoms with Crippen molar-refractivity contribution in [2.75, 3.05) is 6.54 Å². The average Bonchev–Trinajstić information content (AvgIpc) is 2.81. The Bertz CT molecular complexity index is 933. The van der Waals surface area contributed by atoms with Crippen molar-refractivity contribution in [3.8, 4) is 0 Å². The largest absolute Gasteiger partial charge is 0.388 e. The van der Waals surface area contributed by atoms with E-state index in [4.69, 9.17) is 37.1 Å². The molecule has 0 unspecified atom stereocenters. The Labute approximate surface area is 192 Å². The van der Waals surface area contributed by atoms with E-state index in [2.05, 4.69) is 0 Å². The lowest BCUT2D eigenvalue weighted by Crippen LogP contribution is -2.67. The van der Waals surface area contributed by atoms with Gasteiger partial charge in [0.1, 0.15) is 36.6 Å². The van der Waals surface area contributed by atoms with E-state index < -0.39 is 61.0 Å². The number of hydrogen-bond donors (Lipinski definition) is 7. The quantitative estimate of drug-likeness (QED) is 0.259.